The molecule has 6 heteroatoms. The van der Waals surface area contributed by atoms with Gasteiger partial charge in [-0.15, -0.1) is 10.2 Å². The highest BCUT2D eigenvalue weighted by atomic mass is 35.5. The number of hydrogen-bond donors (Lipinski definition) is 0. The summed E-state index contributed by atoms with van der Waals surface area (Å²) in [5.41, 5.74) is 2.51. The van der Waals surface area contributed by atoms with Crippen molar-refractivity contribution in [3.8, 4) is 5.75 Å². The minimum Gasteiger partial charge on any atom is -0.486 e. The van der Waals surface area contributed by atoms with E-state index in [9.17, 15) is 0 Å². The molecule has 0 N–H and O–H groups in total. The molecule has 0 saturated carbocycles. The molecule has 136 valence electrons. The predicted octanol–water partition coefficient (Wildman–Crippen LogP) is 5.39. The van der Waals surface area contributed by atoms with Crippen LogP contribution < -0.4 is 4.74 Å². The second-order valence-electron chi connectivity index (χ2n) is 5.84. The Hall–Kier alpha value is -1.98. The first-order valence-electron chi connectivity index (χ1n) is 8.70. The van der Waals surface area contributed by atoms with E-state index < -0.39 is 0 Å². The van der Waals surface area contributed by atoms with Crippen LogP contribution in [-0.4, -0.2) is 14.8 Å². The van der Waals surface area contributed by atoms with Crippen LogP contribution in [0.2, 0.25) is 5.02 Å². The number of nitrogens with zero attached hydrogens (tertiary/aromatic N) is 3. The van der Waals surface area contributed by atoms with Gasteiger partial charge in [0.1, 0.15) is 12.4 Å². The van der Waals surface area contributed by atoms with E-state index in [4.69, 9.17) is 16.3 Å². The Kier molecular flexibility index (Phi) is 6.58. The summed E-state index contributed by atoms with van der Waals surface area (Å²) in [5.74, 6) is 2.52. The van der Waals surface area contributed by atoms with Crippen LogP contribution in [0.5, 0.6) is 5.75 Å². The summed E-state index contributed by atoms with van der Waals surface area (Å²) in [5, 5.41) is 10.3. The maximum atomic E-state index is 5.93. The lowest BCUT2D eigenvalue weighted by Crippen LogP contribution is -2.07. The number of benzene rings is 2. The number of thioether (sulfide) groups is 1. The number of aryl methyl sites for hydroxylation is 1. The summed E-state index contributed by atoms with van der Waals surface area (Å²) >= 11 is 7.60. The first-order chi connectivity index (χ1) is 12.7. The molecule has 0 bridgehead atoms. The van der Waals surface area contributed by atoms with Crippen LogP contribution in [0.1, 0.15) is 30.8 Å². The highest BCUT2D eigenvalue weighted by Gasteiger charge is 2.12. The lowest BCUT2D eigenvalue weighted by molar-refractivity contribution is 0.288. The third-order valence-electron chi connectivity index (χ3n) is 4.09. The van der Waals surface area contributed by atoms with Gasteiger partial charge >= 0.3 is 0 Å². The zero-order chi connectivity index (χ0) is 18.4. The fourth-order valence-corrected chi connectivity index (χ4v) is 3.65. The largest absolute Gasteiger partial charge is 0.486 e. The lowest BCUT2D eigenvalue weighted by atomic mass is 10.2. The van der Waals surface area contributed by atoms with Crippen molar-refractivity contribution in [3.05, 3.63) is 70.5 Å². The second-order valence-corrected chi connectivity index (χ2v) is 7.22. The molecule has 1 aromatic heterocycles. The number of halogens is 1. The van der Waals surface area contributed by atoms with E-state index in [2.05, 4.69) is 40.7 Å². The molecule has 2 aromatic carbocycles. The minimum absolute atomic E-state index is 0.411. The molecule has 0 aliphatic heterocycles. The van der Waals surface area contributed by atoms with E-state index in [1.165, 1.54) is 11.1 Å². The molecular weight excluding hydrogens is 366 g/mol. The van der Waals surface area contributed by atoms with Crippen LogP contribution in [0, 0.1) is 0 Å². The number of hydrogen-bond acceptors (Lipinski definition) is 4. The van der Waals surface area contributed by atoms with Crippen molar-refractivity contribution < 1.29 is 4.74 Å². The molecule has 3 aromatic rings. The third kappa shape index (κ3) is 4.80. The summed E-state index contributed by atoms with van der Waals surface area (Å²) in [6.07, 6.45) is 1.03. The van der Waals surface area contributed by atoms with E-state index in [-0.39, 0.29) is 0 Å². The van der Waals surface area contributed by atoms with Crippen LogP contribution in [-0.2, 0) is 25.3 Å². The Morgan fingerprint density at radius 1 is 0.962 bits per heavy atom. The molecule has 0 aliphatic rings. The SMILES string of the molecule is CCc1ccc(OCc2nnc(SCc3ccc(Cl)cc3)n2CC)cc1. The molecule has 1 heterocycles. The minimum atomic E-state index is 0.411. The standard InChI is InChI=1S/C20H22ClN3OS/c1-3-15-7-11-18(12-8-15)25-13-19-22-23-20(24(19)4-2)26-14-16-5-9-17(21)10-6-16/h5-12H,3-4,13-14H2,1-2H3. The first-order valence-corrected chi connectivity index (χ1v) is 10.1. The van der Waals surface area contributed by atoms with Crippen molar-refractivity contribution in [2.75, 3.05) is 0 Å². The van der Waals surface area contributed by atoms with E-state index in [1.54, 1.807) is 11.8 Å². The van der Waals surface area contributed by atoms with Gasteiger partial charge in [0.05, 0.1) is 0 Å². The van der Waals surface area contributed by atoms with Crippen LogP contribution in [0.4, 0.5) is 0 Å². The van der Waals surface area contributed by atoms with Crippen molar-refractivity contribution >= 4 is 23.4 Å². The normalized spacial score (nSPS) is 10.9. The Bertz CT molecular complexity index is 831. The number of aromatic nitrogens is 3. The molecular formula is C20H22ClN3OS. The van der Waals surface area contributed by atoms with Gasteiger partial charge in [-0.2, -0.15) is 0 Å². The molecule has 0 saturated heterocycles. The van der Waals surface area contributed by atoms with Gasteiger partial charge in [-0.25, -0.2) is 0 Å². The molecule has 26 heavy (non-hydrogen) atoms. The Morgan fingerprint density at radius 3 is 2.31 bits per heavy atom. The topological polar surface area (TPSA) is 39.9 Å². The van der Waals surface area contributed by atoms with Crippen LogP contribution in [0.15, 0.2) is 53.7 Å². The molecule has 3 rings (SSSR count). The molecule has 0 amide bonds. The quantitative estimate of drug-likeness (QED) is 0.486. The Morgan fingerprint density at radius 2 is 1.65 bits per heavy atom. The molecule has 0 spiro atoms. The lowest BCUT2D eigenvalue weighted by Gasteiger charge is -2.09. The summed E-state index contributed by atoms with van der Waals surface area (Å²) in [4.78, 5) is 0. The molecule has 0 unspecified atom stereocenters. The molecule has 0 fully saturated rings. The van der Waals surface area contributed by atoms with Gasteiger partial charge in [-0.3, -0.25) is 0 Å². The average Bonchev–Trinajstić information content (AvgIpc) is 3.08. The molecule has 4 nitrogen and oxygen atoms in total. The van der Waals surface area contributed by atoms with Gasteiger partial charge < -0.3 is 9.30 Å². The van der Waals surface area contributed by atoms with Gasteiger partial charge in [0.2, 0.25) is 0 Å². The van der Waals surface area contributed by atoms with Crippen molar-refractivity contribution in [1.29, 1.82) is 0 Å². The molecule has 0 aliphatic carbocycles. The van der Waals surface area contributed by atoms with E-state index >= 15 is 0 Å². The predicted molar refractivity (Wildman–Crippen MR) is 107 cm³/mol. The summed E-state index contributed by atoms with van der Waals surface area (Å²) in [6, 6.07) is 16.1. The first kappa shape index (κ1) is 18.8. The Labute approximate surface area is 163 Å². The van der Waals surface area contributed by atoms with Gasteiger partial charge in [0.15, 0.2) is 11.0 Å². The van der Waals surface area contributed by atoms with Crippen LogP contribution >= 0.6 is 23.4 Å². The highest BCUT2D eigenvalue weighted by Crippen LogP contribution is 2.23. The third-order valence-corrected chi connectivity index (χ3v) is 5.38. The zero-order valence-electron chi connectivity index (χ0n) is 15.0. The molecule has 0 atom stereocenters. The second kappa shape index (κ2) is 9.10. The number of rotatable bonds is 8. The maximum absolute atomic E-state index is 5.93. The van der Waals surface area contributed by atoms with Crippen LogP contribution in [0.25, 0.3) is 0 Å². The fourth-order valence-electron chi connectivity index (χ4n) is 2.55. The summed E-state index contributed by atoms with van der Waals surface area (Å²) in [7, 11) is 0. The van der Waals surface area contributed by atoms with Crippen molar-refractivity contribution in [2.24, 2.45) is 0 Å². The van der Waals surface area contributed by atoms with Crippen molar-refractivity contribution in [3.63, 3.8) is 0 Å². The summed E-state index contributed by atoms with van der Waals surface area (Å²) in [6.45, 7) is 5.45. The maximum Gasteiger partial charge on any atom is 0.191 e. The van der Waals surface area contributed by atoms with E-state index in [0.717, 1.165) is 40.5 Å². The monoisotopic (exact) mass is 387 g/mol. The zero-order valence-corrected chi connectivity index (χ0v) is 16.6. The van der Waals surface area contributed by atoms with Crippen molar-refractivity contribution in [2.45, 2.75) is 44.3 Å². The van der Waals surface area contributed by atoms with Crippen molar-refractivity contribution in [1.82, 2.24) is 14.8 Å². The summed E-state index contributed by atoms with van der Waals surface area (Å²) < 4.78 is 7.97. The van der Waals surface area contributed by atoms with E-state index in [1.807, 2.05) is 36.4 Å². The average molecular weight is 388 g/mol. The highest BCUT2D eigenvalue weighted by molar-refractivity contribution is 7.98. The number of ether oxygens (including phenoxy) is 1. The molecule has 0 radical (unpaired) electrons. The van der Waals surface area contributed by atoms with Gasteiger partial charge in [0.25, 0.3) is 0 Å². The Balaban J connectivity index is 1.62. The van der Waals surface area contributed by atoms with Gasteiger partial charge in [-0.05, 0) is 48.7 Å². The van der Waals surface area contributed by atoms with Gasteiger partial charge in [0, 0.05) is 17.3 Å². The smallest absolute Gasteiger partial charge is 0.191 e. The van der Waals surface area contributed by atoms with Gasteiger partial charge in [-0.1, -0.05) is 54.6 Å². The fraction of sp³-hybridized carbons (Fsp3) is 0.300. The van der Waals surface area contributed by atoms with Crippen LogP contribution in [0.3, 0.4) is 0 Å². The van der Waals surface area contributed by atoms with E-state index in [0.29, 0.717) is 6.61 Å².